The minimum Gasteiger partial charge on any atom is -0.466 e. The van der Waals surface area contributed by atoms with Gasteiger partial charge >= 0.3 is 5.97 Å². The molecule has 1 N–H and O–H groups in total. The third-order valence-corrected chi connectivity index (χ3v) is 1.97. The van der Waals surface area contributed by atoms with Gasteiger partial charge in [-0.15, -0.1) is 0 Å². The molecule has 0 heterocycles. The van der Waals surface area contributed by atoms with E-state index in [2.05, 4.69) is 10.1 Å². The highest BCUT2D eigenvalue weighted by Crippen LogP contribution is 2.06. The van der Waals surface area contributed by atoms with Crippen LogP contribution < -0.4 is 5.32 Å². The van der Waals surface area contributed by atoms with Crippen LogP contribution in [0.3, 0.4) is 0 Å². The molecule has 0 aromatic rings. The first-order valence-corrected chi connectivity index (χ1v) is 4.88. The quantitative estimate of drug-likeness (QED) is 0.538. The summed E-state index contributed by atoms with van der Waals surface area (Å²) in [5.74, 6) is -0.757. The lowest BCUT2D eigenvalue weighted by Crippen LogP contribution is -2.43. The molecule has 0 atom stereocenters. The molecular weight excluding hydrogens is 182 g/mol. The summed E-state index contributed by atoms with van der Waals surface area (Å²) in [6.07, 6.45) is 0.624. The number of carbonyl (C=O) groups is 2. The van der Waals surface area contributed by atoms with Crippen LogP contribution in [0, 0.1) is 0 Å². The number of carbonyl (C=O) groups excluding carboxylic acids is 2. The lowest BCUT2D eigenvalue weighted by molar-refractivity contribution is -0.146. The lowest BCUT2D eigenvalue weighted by Gasteiger charge is -2.24. The Morgan fingerprint density at radius 1 is 1.29 bits per heavy atom. The Morgan fingerprint density at radius 3 is 2.29 bits per heavy atom. The normalized spacial score (nSPS) is 10.9. The summed E-state index contributed by atoms with van der Waals surface area (Å²) in [5.41, 5.74) is -0.260. The van der Waals surface area contributed by atoms with Gasteiger partial charge < -0.3 is 10.1 Å². The van der Waals surface area contributed by atoms with E-state index in [1.54, 1.807) is 6.92 Å². The van der Waals surface area contributed by atoms with Crippen molar-refractivity contribution in [2.24, 2.45) is 0 Å². The second-order valence-electron chi connectivity index (χ2n) is 3.77. The molecule has 0 unspecified atom stereocenters. The summed E-state index contributed by atoms with van der Waals surface area (Å²) in [4.78, 5) is 22.2. The minimum atomic E-state index is -0.475. The topological polar surface area (TPSA) is 55.4 Å². The number of rotatable bonds is 5. The molecule has 0 radical (unpaired) electrons. The molecule has 0 aliphatic heterocycles. The minimum absolute atomic E-state index is 0.197. The Kier molecular flexibility index (Phi) is 5.20. The van der Waals surface area contributed by atoms with Crippen LogP contribution in [0.25, 0.3) is 0 Å². The molecule has 0 spiro atoms. The molecule has 0 aromatic heterocycles. The number of hydrogen-bond donors (Lipinski definition) is 1. The summed E-state index contributed by atoms with van der Waals surface area (Å²) < 4.78 is 4.66. The van der Waals surface area contributed by atoms with Crippen molar-refractivity contribution >= 4 is 11.9 Å². The van der Waals surface area contributed by atoms with Crippen molar-refractivity contribution in [3.8, 4) is 0 Å². The third kappa shape index (κ3) is 5.56. The van der Waals surface area contributed by atoms with Crippen molar-refractivity contribution < 1.29 is 14.3 Å². The average molecular weight is 201 g/mol. The van der Waals surface area contributed by atoms with Crippen LogP contribution in [0.5, 0.6) is 0 Å². The van der Waals surface area contributed by atoms with Crippen LogP contribution in [0.2, 0.25) is 0 Å². The van der Waals surface area contributed by atoms with Gasteiger partial charge in [0, 0.05) is 5.54 Å². The van der Waals surface area contributed by atoms with Crippen molar-refractivity contribution in [2.45, 2.75) is 46.1 Å². The Hall–Kier alpha value is -1.06. The fourth-order valence-corrected chi connectivity index (χ4v) is 0.853. The maximum absolute atomic E-state index is 11.3. The van der Waals surface area contributed by atoms with E-state index in [1.165, 1.54) is 0 Å². The van der Waals surface area contributed by atoms with E-state index in [4.69, 9.17) is 0 Å². The summed E-state index contributed by atoms with van der Waals surface area (Å²) in [5, 5.41) is 2.76. The van der Waals surface area contributed by atoms with Crippen LogP contribution in [-0.4, -0.2) is 24.0 Å². The van der Waals surface area contributed by atoms with E-state index in [9.17, 15) is 9.59 Å². The standard InChI is InChI=1S/C10H19NO3/c1-5-10(3,4)11-8(12)7-9(13)14-6-2/h5-7H2,1-4H3,(H,11,12). The Bertz CT molecular complexity index is 211. The van der Waals surface area contributed by atoms with Crippen molar-refractivity contribution in [2.75, 3.05) is 6.61 Å². The number of hydrogen-bond acceptors (Lipinski definition) is 3. The van der Waals surface area contributed by atoms with Crippen molar-refractivity contribution in [3.63, 3.8) is 0 Å². The largest absolute Gasteiger partial charge is 0.466 e. The van der Waals surface area contributed by atoms with Gasteiger partial charge in [0.25, 0.3) is 0 Å². The van der Waals surface area contributed by atoms with E-state index in [0.29, 0.717) is 6.61 Å². The molecule has 82 valence electrons. The van der Waals surface area contributed by atoms with Gasteiger partial charge in [0.15, 0.2) is 0 Å². The lowest BCUT2D eigenvalue weighted by atomic mass is 10.0. The summed E-state index contributed by atoms with van der Waals surface area (Å²) in [7, 11) is 0. The maximum atomic E-state index is 11.3. The highest BCUT2D eigenvalue weighted by Gasteiger charge is 2.19. The second kappa shape index (κ2) is 5.62. The van der Waals surface area contributed by atoms with Gasteiger partial charge in [0.1, 0.15) is 6.42 Å². The van der Waals surface area contributed by atoms with Crippen molar-refractivity contribution in [1.29, 1.82) is 0 Å². The Morgan fingerprint density at radius 2 is 1.86 bits per heavy atom. The molecular formula is C10H19NO3. The zero-order chi connectivity index (χ0) is 11.2. The van der Waals surface area contributed by atoms with Gasteiger partial charge in [-0.3, -0.25) is 9.59 Å². The number of nitrogens with one attached hydrogen (secondary N) is 1. The van der Waals surface area contributed by atoms with Gasteiger partial charge in [0.05, 0.1) is 6.61 Å². The van der Waals surface area contributed by atoms with Gasteiger partial charge in [-0.25, -0.2) is 0 Å². The van der Waals surface area contributed by atoms with Crippen LogP contribution in [0.1, 0.15) is 40.5 Å². The molecule has 4 heteroatoms. The van der Waals surface area contributed by atoms with E-state index < -0.39 is 5.97 Å². The third-order valence-electron chi connectivity index (χ3n) is 1.97. The van der Waals surface area contributed by atoms with E-state index in [-0.39, 0.29) is 17.9 Å². The predicted molar refractivity (Wildman–Crippen MR) is 53.8 cm³/mol. The van der Waals surface area contributed by atoms with Crippen LogP contribution in [0.15, 0.2) is 0 Å². The van der Waals surface area contributed by atoms with Crippen LogP contribution >= 0.6 is 0 Å². The molecule has 14 heavy (non-hydrogen) atoms. The van der Waals surface area contributed by atoms with Gasteiger partial charge in [-0.2, -0.15) is 0 Å². The Labute approximate surface area is 85.0 Å². The maximum Gasteiger partial charge on any atom is 0.315 e. The Balaban J connectivity index is 3.93. The first kappa shape index (κ1) is 12.9. The zero-order valence-corrected chi connectivity index (χ0v) is 9.35. The summed E-state index contributed by atoms with van der Waals surface area (Å²) >= 11 is 0. The summed E-state index contributed by atoms with van der Waals surface area (Å²) in [6, 6.07) is 0. The smallest absolute Gasteiger partial charge is 0.315 e. The number of esters is 1. The highest BCUT2D eigenvalue weighted by atomic mass is 16.5. The monoisotopic (exact) mass is 201 g/mol. The van der Waals surface area contributed by atoms with Gasteiger partial charge in [-0.05, 0) is 27.2 Å². The van der Waals surface area contributed by atoms with Gasteiger partial charge in [-0.1, -0.05) is 6.92 Å². The van der Waals surface area contributed by atoms with Crippen LogP contribution in [-0.2, 0) is 14.3 Å². The average Bonchev–Trinajstić information content (AvgIpc) is 2.03. The number of amides is 1. The van der Waals surface area contributed by atoms with Crippen molar-refractivity contribution in [3.05, 3.63) is 0 Å². The molecule has 0 saturated carbocycles. The highest BCUT2D eigenvalue weighted by molar-refractivity contribution is 5.94. The van der Waals surface area contributed by atoms with E-state index in [0.717, 1.165) is 6.42 Å². The molecule has 0 aromatic carbocycles. The molecule has 1 amide bonds. The predicted octanol–water partition coefficient (Wildman–Crippen LogP) is 1.24. The summed E-state index contributed by atoms with van der Waals surface area (Å²) in [6.45, 7) is 7.83. The molecule has 0 fully saturated rings. The number of ether oxygens (including phenoxy) is 1. The molecule has 0 bridgehead atoms. The zero-order valence-electron chi connectivity index (χ0n) is 9.35. The fourth-order valence-electron chi connectivity index (χ4n) is 0.853. The first-order chi connectivity index (χ1) is 6.41. The molecule has 0 rings (SSSR count). The molecule has 0 aliphatic rings. The van der Waals surface area contributed by atoms with Crippen molar-refractivity contribution in [1.82, 2.24) is 5.32 Å². The molecule has 4 nitrogen and oxygen atoms in total. The van der Waals surface area contributed by atoms with Crippen LogP contribution in [0.4, 0.5) is 0 Å². The fraction of sp³-hybridized carbons (Fsp3) is 0.800. The first-order valence-electron chi connectivity index (χ1n) is 4.88. The SMILES string of the molecule is CCOC(=O)CC(=O)NC(C)(C)CC. The molecule has 0 saturated heterocycles. The van der Waals surface area contributed by atoms with E-state index >= 15 is 0 Å². The molecule has 0 aliphatic carbocycles. The second-order valence-corrected chi connectivity index (χ2v) is 3.77. The van der Waals surface area contributed by atoms with E-state index in [1.807, 2.05) is 20.8 Å². The van der Waals surface area contributed by atoms with Gasteiger partial charge in [0.2, 0.25) is 5.91 Å².